The molecule has 1 aliphatic heterocycles. The Balaban J connectivity index is 2.19. The number of hydrogen-bond acceptors (Lipinski definition) is 3. The van der Waals surface area contributed by atoms with E-state index in [1.54, 1.807) is 20.8 Å². The molecular weight excluding hydrogens is 307 g/mol. The van der Waals surface area contributed by atoms with E-state index in [4.69, 9.17) is 4.74 Å². The van der Waals surface area contributed by atoms with Crippen LogP contribution in [0.1, 0.15) is 44.2 Å². The van der Waals surface area contributed by atoms with E-state index in [1.165, 1.54) is 12.1 Å². The summed E-state index contributed by atoms with van der Waals surface area (Å²) in [6, 6.07) is 5.08. The number of piperidine rings is 1. The first-order chi connectivity index (χ1) is 10.6. The van der Waals surface area contributed by atoms with Gasteiger partial charge in [-0.25, -0.2) is 0 Å². The van der Waals surface area contributed by atoms with Gasteiger partial charge in [0, 0.05) is 6.54 Å². The summed E-state index contributed by atoms with van der Waals surface area (Å²) in [7, 11) is 0. The average Bonchev–Trinajstić information content (AvgIpc) is 2.45. The molecule has 1 fully saturated rings. The molecule has 23 heavy (non-hydrogen) atoms. The second-order valence-electron chi connectivity index (χ2n) is 6.86. The highest BCUT2D eigenvalue weighted by Crippen LogP contribution is 2.35. The molecule has 1 heterocycles. The highest BCUT2D eigenvalue weighted by Gasteiger charge is 2.36. The number of carbonyl (C=O) groups excluding carboxylic acids is 1. The number of alkyl halides is 3. The number of benzene rings is 1. The molecule has 1 aromatic rings. The SMILES string of the molecule is CC(C)(C)OC(=O)C1CNCCC1c1ccc(C(F)(F)F)cc1. The summed E-state index contributed by atoms with van der Waals surface area (Å²) in [4.78, 5) is 12.4. The van der Waals surface area contributed by atoms with Gasteiger partial charge in [-0.2, -0.15) is 13.2 Å². The van der Waals surface area contributed by atoms with Crippen LogP contribution in [-0.4, -0.2) is 24.7 Å². The first-order valence-electron chi connectivity index (χ1n) is 7.68. The number of carbonyl (C=O) groups is 1. The molecule has 1 aromatic carbocycles. The maximum absolute atomic E-state index is 12.7. The van der Waals surface area contributed by atoms with Gasteiger partial charge in [-0.3, -0.25) is 4.79 Å². The van der Waals surface area contributed by atoms with E-state index in [2.05, 4.69) is 5.32 Å². The van der Waals surface area contributed by atoms with Crippen LogP contribution >= 0.6 is 0 Å². The maximum atomic E-state index is 12.7. The van der Waals surface area contributed by atoms with Crippen LogP contribution in [0.4, 0.5) is 13.2 Å². The Hall–Kier alpha value is -1.56. The fourth-order valence-corrected chi connectivity index (χ4v) is 2.80. The molecule has 6 heteroatoms. The summed E-state index contributed by atoms with van der Waals surface area (Å²) >= 11 is 0. The number of esters is 1. The fourth-order valence-electron chi connectivity index (χ4n) is 2.80. The van der Waals surface area contributed by atoms with Crippen LogP contribution in [-0.2, 0) is 15.7 Å². The second-order valence-corrected chi connectivity index (χ2v) is 6.86. The molecule has 128 valence electrons. The van der Waals surface area contributed by atoms with Gasteiger partial charge in [0.05, 0.1) is 11.5 Å². The van der Waals surface area contributed by atoms with Crippen LogP contribution in [0.2, 0.25) is 0 Å². The van der Waals surface area contributed by atoms with Crippen LogP contribution < -0.4 is 5.32 Å². The number of rotatable bonds is 2. The minimum atomic E-state index is -4.35. The lowest BCUT2D eigenvalue weighted by Crippen LogP contribution is -2.42. The van der Waals surface area contributed by atoms with Crippen LogP contribution in [0.25, 0.3) is 0 Å². The Morgan fingerprint density at radius 1 is 1.17 bits per heavy atom. The quantitative estimate of drug-likeness (QED) is 0.840. The normalized spacial score (nSPS) is 22.7. The molecule has 2 unspecified atom stereocenters. The topological polar surface area (TPSA) is 38.3 Å². The minimum absolute atomic E-state index is 0.131. The second kappa shape index (κ2) is 6.51. The molecule has 0 radical (unpaired) electrons. The highest BCUT2D eigenvalue weighted by molar-refractivity contribution is 5.74. The van der Waals surface area contributed by atoms with Gasteiger partial charge in [-0.15, -0.1) is 0 Å². The third kappa shape index (κ3) is 4.70. The number of hydrogen-bond donors (Lipinski definition) is 1. The Bertz CT molecular complexity index is 546. The monoisotopic (exact) mass is 329 g/mol. The number of halogens is 3. The van der Waals surface area contributed by atoms with Crippen molar-refractivity contribution < 1.29 is 22.7 Å². The summed E-state index contributed by atoms with van der Waals surface area (Å²) in [5.74, 6) is -0.831. The molecule has 1 N–H and O–H groups in total. The van der Waals surface area contributed by atoms with Crippen molar-refractivity contribution in [3.05, 3.63) is 35.4 Å². The highest BCUT2D eigenvalue weighted by atomic mass is 19.4. The average molecular weight is 329 g/mol. The Labute approximate surface area is 134 Å². The first-order valence-corrected chi connectivity index (χ1v) is 7.68. The van der Waals surface area contributed by atoms with Gasteiger partial charge < -0.3 is 10.1 Å². The van der Waals surface area contributed by atoms with E-state index < -0.39 is 17.3 Å². The number of nitrogens with one attached hydrogen (secondary N) is 1. The van der Waals surface area contributed by atoms with Crippen molar-refractivity contribution in [3.63, 3.8) is 0 Å². The van der Waals surface area contributed by atoms with Crippen molar-refractivity contribution in [1.82, 2.24) is 5.32 Å². The molecule has 0 aliphatic carbocycles. The maximum Gasteiger partial charge on any atom is 0.416 e. The molecule has 3 nitrogen and oxygen atoms in total. The Kier molecular flexibility index (Phi) is 5.04. The molecule has 2 atom stereocenters. The zero-order chi connectivity index (χ0) is 17.3. The van der Waals surface area contributed by atoms with Crippen molar-refractivity contribution in [2.24, 2.45) is 5.92 Å². The molecule has 1 saturated heterocycles. The van der Waals surface area contributed by atoms with Gasteiger partial charge in [-0.05, 0) is 57.4 Å². The van der Waals surface area contributed by atoms with E-state index in [1.807, 2.05) is 0 Å². The van der Waals surface area contributed by atoms with E-state index in [0.717, 1.165) is 24.2 Å². The van der Waals surface area contributed by atoms with Gasteiger partial charge in [0.15, 0.2) is 0 Å². The smallest absolute Gasteiger partial charge is 0.416 e. The van der Waals surface area contributed by atoms with Crippen molar-refractivity contribution in [1.29, 1.82) is 0 Å². The van der Waals surface area contributed by atoms with E-state index in [-0.39, 0.29) is 17.8 Å². The summed E-state index contributed by atoms with van der Waals surface area (Å²) in [5, 5.41) is 3.16. The summed E-state index contributed by atoms with van der Waals surface area (Å²) < 4.78 is 43.5. The molecule has 0 saturated carbocycles. The third-order valence-corrected chi connectivity index (χ3v) is 3.86. The van der Waals surface area contributed by atoms with E-state index in [9.17, 15) is 18.0 Å². The Morgan fingerprint density at radius 3 is 2.30 bits per heavy atom. The lowest BCUT2D eigenvalue weighted by Gasteiger charge is -2.33. The molecule has 0 aromatic heterocycles. The largest absolute Gasteiger partial charge is 0.460 e. The third-order valence-electron chi connectivity index (χ3n) is 3.86. The minimum Gasteiger partial charge on any atom is -0.460 e. The lowest BCUT2D eigenvalue weighted by atomic mass is 9.81. The van der Waals surface area contributed by atoms with Gasteiger partial charge in [0.1, 0.15) is 5.60 Å². The van der Waals surface area contributed by atoms with Crippen LogP contribution in [0.3, 0.4) is 0 Å². The van der Waals surface area contributed by atoms with Crippen LogP contribution in [0.5, 0.6) is 0 Å². The molecule has 1 aliphatic rings. The zero-order valence-electron chi connectivity index (χ0n) is 13.5. The van der Waals surface area contributed by atoms with Gasteiger partial charge in [-0.1, -0.05) is 12.1 Å². The van der Waals surface area contributed by atoms with Crippen molar-refractivity contribution >= 4 is 5.97 Å². The van der Waals surface area contributed by atoms with Crippen molar-refractivity contribution in [2.45, 2.75) is 44.9 Å². The molecule has 0 bridgehead atoms. The zero-order valence-corrected chi connectivity index (χ0v) is 13.5. The predicted octanol–water partition coefficient (Wildman–Crippen LogP) is 3.74. The summed E-state index contributed by atoms with van der Waals surface area (Å²) in [6.45, 7) is 6.60. The summed E-state index contributed by atoms with van der Waals surface area (Å²) in [6.07, 6.45) is -3.66. The molecule has 2 rings (SSSR count). The standard InChI is InChI=1S/C17H22F3NO2/c1-16(2,3)23-15(22)14-10-21-9-8-13(14)11-4-6-12(7-5-11)17(18,19)20/h4-7,13-14,21H,8-10H2,1-3H3. The number of ether oxygens (including phenoxy) is 1. The van der Waals surface area contributed by atoms with Crippen LogP contribution in [0, 0.1) is 5.92 Å². The molecule has 0 amide bonds. The van der Waals surface area contributed by atoms with E-state index in [0.29, 0.717) is 13.0 Å². The van der Waals surface area contributed by atoms with Gasteiger partial charge >= 0.3 is 12.1 Å². The van der Waals surface area contributed by atoms with Gasteiger partial charge in [0.2, 0.25) is 0 Å². The lowest BCUT2D eigenvalue weighted by molar-refractivity contribution is -0.161. The van der Waals surface area contributed by atoms with Gasteiger partial charge in [0.25, 0.3) is 0 Å². The Morgan fingerprint density at radius 2 is 1.78 bits per heavy atom. The van der Waals surface area contributed by atoms with E-state index >= 15 is 0 Å². The molecular formula is C17H22F3NO2. The van der Waals surface area contributed by atoms with Crippen LogP contribution in [0.15, 0.2) is 24.3 Å². The summed E-state index contributed by atoms with van der Waals surface area (Å²) in [5.41, 5.74) is -0.515. The van der Waals surface area contributed by atoms with Crippen molar-refractivity contribution in [3.8, 4) is 0 Å². The predicted molar refractivity (Wildman–Crippen MR) is 81.0 cm³/mol. The molecule has 0 spiro atoms. The van der Waals surface area contributed by atoms with Crippen molar-refractivity contribution in [2.75, 3.05) is 13.1 Å². The first kappa shape index (κ1) is 17.8. The fraction of sp³-hybridized carbons (Fsp3) is 0.588.